The number of pyridine rings is 1. The number of carboxylic acids is 1. The molecule has 1 aliphatic heterocycles. The number of rotatable bonds is 3. The Morgan fingerprint density at radius 3 is 3.05 bits per heavy atom. The van der Waals surface area contributed by atoms with Gasteiger partial charge < -0.3 is 5.11 Å². The third kappa shape index (κ3) is 2.67. The minimum absolute atomic E-state index is 0.238. The first-order valence-corrected chi connectivity index (χ1v) is 7.06. The minimum Gasteiger partial charge on any atom is -0.478 e. The second kappa shape index (κ2) is 5.11. The molecule has 19 heavy (non-hydrogen) atoms. The van der Waals surface area contributed by atoms with E-state index in [2.05, 4.69) is 21.3 Å². The first-order valence-electron chi connectivity index (χ1n) is 6.18. The van der Waals surface area contributed by atoms with Crippen LogP contribution in [0.1, 0.15) is 26.5 Å². The number of nitrogens with zero attached hydrogens (tertiary/aromatic N) is 2. The van der Waals surface area contributed by atoms with Gasteiger partial charge in [-0.3, -0.25) is 9.88 Å². The molecule has 3 heterocycles. The molecule has 0 amide bonds. The van der Waals surface area contributed by atoms with Crippen LogP contribution in [0.25, 0.3) is 0 Å². The maximum atomic E-state index is 10.8. The van der Waals surface area contributed by atoms with Crippen LogP contribution in [0, 0.1) is 0 Å². The number of carboxylic acid groups (broad SMARTS) is 1. The summed E-state index contributed by atoms with van der Waals surface area (Å²) < 4.78 is 0. The molecule has 0 spiro atoms. The Bertz CT molecular complexity index is 592. The highest BCUT2D eigenvalue weighted by Gasteiger charge is 2.17. The second-order valence-corrected chi connectivity index (χ2v) is 5.67. The van der Waals surface area contributed by atoms with Crippen molar-refractivity contribution < 1.29 is 9.90 Å². The van der Waals surface area contributed by atoms with E-state index in [1.54, 1.807) is 12.1 Å². The number of aromatic nitrogens is 1. The standard InChI is InChI=1S/C14H14N2O2S/c17-14(18)10-1-2-12(15-7-10)9-16-5-3-13-11(8-16)4-6-19-13/h1-2,4,6-7H,3,5,8-9H2,(H,17,18). The molecular formula is C14H14N2O2S. The van der Waals surface area contributed by atoms with E-state index in [-0.39, 0.29) is 5.56 Å². The molecule has 1 aliphatic rings. The van der Waals surface area contributed by atoms with E-state index in [1.165, 1.54) is 16.6 Å². The second-order valence-electron chi connectivity index (χ2n) is 4.67. The predicted molar refractivity (Wildman–Crippen MR) is 73.3 cm³/mol. The first-order chi connectivity index (χ1) is 9.22. The number of carbonyl (C=O) groups is 1. The highest BCUT2D eigenvalue weighted by Crippen LogP contribution is 2.24. The normalized spacial score (nSPS) is 15.2. The molecule has 0 aliphatic carbocycles. The van der Waals surface area contributed by atoms with Crippen molar-refractivity contribution in [2.45, 2.75) is 19.5 Å². The molecule has 0 fully saturated rings. The van der Waals surface area contributed by atoms with E-state index < -0.39 is 5.97 Å². The Hall–Kier alpha value is -1.72. The molecule has 0 saturated heterocycles. The van der Waals surface area contributed by atoms with Gasteiger partial charge in [-0.25, -0.2) is 4.79 Å². The van der Waals surface area contributed by atoms with Crippen LogP contribution < -0.4 is 0 Å². The minimum atomic E-state index is -0.931. The third-order valence-electron chi connectivity index (χ3n) is 3.34. The van der Waals surface area contributed by atoms with Crippen molar-refractivity contribution in [3.63, 3.8) is 0 Å². The summed E-state index contributed by atoms with van der Waals surface area (Å²) in [4.78, 5) is 18.8. The van der Waals surface area contributed by atoms with Crippen molar-refractivity contribution >= 4 is 17.3 Å². The fourth-order valence-electron chi connectivity index (χ4n) is 2.32. The van der Waals surface area contributed by atoms with Crippen molar-refractivity contribution in [3.8, 4) is 0 Å². The lowest BCUT2D eigenvalue weighted by Crippen LogP contribution is -2.29. The van der Waals surface area contributed by atoms with E-state index >= 15 is 0 Å². The first kappa shape index (κ1) is 12.3. The maximum Gasteiger partial charge on any atom is 0.337 e. The number of hydrogen-bond acceptors (Lipinski definition) is 4. The Labute approximate surface area is 115 Å². The summed E-state index contributed by atoms with van der Waals surface area (Å²) in [6.07, 6.45) is 2.53. The summed E-state index contributed by atoms with van der Waals surface area (Å²) in [6, 6.07) is 5.60. The summed E-state index contributed by atoms with van der Waals surface area (Å²) in [5.41, 5.74) is 2.57. The summed E-state index contributed by atoms with van der Waals surface area (Å²) in [7, 11) is 0. The van der Waals surface area contributed by atoms with Crippen LogP contribution >= 0.6 is 11.3 Å². The van der Waals surface area contributed by atoms with Crippen LogP contribution in [0.2, 0.25) is 0 Å². The molecule has 4 nitrogen and oxygen atoms in total. The molecule has 0 saturated carbocycles. The molecule has 0 aromatic carbocycles. The quantitative estimate of drug-likeness (QED) is 0.933. The molecule has 5 heteroatoms. The third-order valence-corrected chi connectivity index (χ3v) is 4.37. The van der Waals surface area contributed by atoms with E-state index in [0.717, 1.165) is 31.7 Å². The average molecular weight is 274 g/mol. The fourth-order valence-corrected chi connectivity index (χ4v) is 3.21. The molecule has 1 N–H and O–H groups in total. The van der Waals surface area contributed by atoms with Crippen LogP contribution in [0.3, 0.4) is 0 Å². The number of aromatic carboxylic acids is 1. The van der Waals surface area contributed by atoms with Gasteiger partial charge in [0, 0.05) is 30.7 Å². The summed E-state index contributed by atoms with van der Waals surface area (Å²) in [5.74, 6) is -0.931. The zero-order chi connectivity index (χ0) is 13.2. The number of thiophene rings is 1. The molecule has 2 aromatic rings. The highest BCUT2D eigenvalue weighted by molar-refractivity contribution is 7.10. The Balaban J connectivity index is 1.68. The van der Waals surface area contributed by atoms with E-state index in [0.29, 0.717) is 0 Å². The molecule has 0 atom stereocenters. The Morgan fingerprint density at radius 2 is 2.32 bits per heavy atom. The van der Waals surface area contributed by atoms with Crippen molar-refractivity contribution in [1.29, 1.82) is 0 Å². The van der Waals surface area contributed by atoms with Gasteiger partial charge in [-0.1, -0.05) is 0 Å². The van der Waals surface area contributed by atoms with E-state index in [9.17, 15) is 4.79 Å². The topological polar surface area (TPSA) is 53.4 Å². The van der Waals surface area contributed by atoms with Gasteiger partial charge in [0.05, 0.1) is 11.3 Å². The molecular weight excluding hydrogens is 260 g/mol. The van der Waals surface area contributed by atoms with Gasteiger partial charge in [0.25, 0.3) is 0 Å². The highest BCUT2D eigenvalue weighted by atomic mass is 32.1. The van der Waals surface area contributed by atoms with Crippen molar-refractivity contribution in [3.05, 3.63) is 51.5 Å². The van der Waals surface area contributed by atoms with Crippen LogP contribution in [-0.4, -0.2) is 27.5 Å². The van der Waals surface area contributed by atoms with Gasteiger partial charge in [-0.05, 0) is 35.6 Å². The van der Waals surface area contributed by atoms with Gasteiger partial charge in [0.2, 0.25) is 0 Å². The van der Waals surface area contributed by atoms with Crippen LogP contribution in [0.15, 0.2) is 29.8 Å². The van der Waals surface area contributed by atoms with Gasteiger partial charge in [0.1, 0.15) is 0 Å². The molecule has 0 radical (unpaired) electrons. The average Bonchev–Trinajstić information content (AvgIpc) is 2.87. The van der Waals surface area contributed by atoms with E-state index in [4.69, 9.17) is 5.11 Å². The molecule has 0 bridgehead atoms. The lowest BCUT2D eigenvalue weighted by molar-refractivity contribution is 0.0696. The monoisotopic (exact) mass is 274 g/mol. The van der Waals surface area contributed by atoms with Gasteiger partial charge in [0.15, 0.2) is 0 Å². The molecule has 2 aromatic heterocycles. The zero-order valence-electron chi connectivity index (χ0n) is 10.4. The van der Waals surface area contributed by atoms with Crippen LogP contribution in [0.5, 0.6) is 0 Å². The zero-order valence-corrected chi connectivity index (χ0v) is 11.2. The van der Waals surface area contributed by atoms with Crippen LogP contribution in [0.4, 0.5) is 0 Å². The molecule has 0 unspecified atom stereocenters. The molecule has 98 valence electrons. The fraction of sp³-hybridized carbons (Fsp3) is 0.286. The number of hydrogen-bond donors (Lipinski definition) is 1. The summed E-state index contributed by atoms with van der Waals surface area (Å²) in [5, 5.41) is 11.0. The predicted octanol–water partition coefficient (Wildman–Crippen LogP) is 2.40. The van der Waals surface area contributed by atoms with Crippen molar-refractivity contribution in [2.24, 2.45) is 0 Å². The van der Waals surface area contributed by atoms with E-state index in [1.807, 2.05) is 11.3 Å². The maximum absolute atomic E-state index is 10.8. The smallest absolute Gasteiger partial charge is 0.337 e. The van der Waals surface area contributed by atoms with Crippen molar-refractivity contribution in [1.82, 2.24) is 9.88 Å². The van der Waals surface area contributed by atoms with Crippen molar-refractivity contribution in [2.75, 3.05) is 6.54 Å². The molecule has 3 rings (SSSR count). The Morgan fingerprint density at radius 1 is 1.42 bits per heavy atom. The van der Waals surface area contributed by atoms with Gasteiger partial charge >= 0.3 is 5.97 Å². The summed E-state index contributed by atoms with van der Waals surface area (Å²) >= 11 is 1.83. The van der Waals surface area contributed by atoms with Gasteiger partial charge in [-0.2, -0.15) is 0 Å². The lowest BCUT2D eigenvalue weighted by atomic mass is 10.1. The summed E-state index contributed by atoms with van der Waals surface area (Å²) in [6.45, 7) is 2.77. The number of fused-ring (bicyclic) bond motifs is 1. The Kier molecular flexibility index (Phi) is 3.31. The lowest BCUT2D eigenvalue weighted by Gasteiger charge is -2.26. The van der Waals surface area contributed by atoms with Gasteiger partial charge in [-0.15, -0.1) is 11.3 Å². The SMILES string of the molecule is O=C(O)c1ccc(CN2CCc3sccc3C2)nc1. The largest absolute Gasteiger partial charge is 0.478 e. The van der Waals surface area contributed by atoms with Crippen LogP contribution in [-0.2, 0) is 19.5 Å².